The molecule has 4 rings (SSSR count). The first-order valence-electron chi connectivity index (χ1n) is 8.00. The third-order valence-electron chi connectivity index (χ3n) is 4.48. The summed E-state index contributed by atoms with van der Waals surface area (Å²) < 4.78 is 15.8. The van der Waals surface area contributed by atoms with Gasteiger partial charge in [-0.05, 0) is 49.9 Å². The van der Waals surface area contributed by atoms with Crippen LogP contribution in [0.2, 0.25) is 5.02 Å². The maximum Gasteiger partial charge on any atom is 0.355 e. The largest absolute Gasteiger partial charge is 0.476 e. The van der Waals surface area contributed by atoms with Gasteiger partial charge in [-0.2, -0.15) is 0 Å². The summed E-state index contributed by atoms with van der Waals surface area (Å²) in [5, 5.41) is 10.1. The van der Waals surface area contributed by atoms with Crippen LogP contribution in [0.1, 0.15) is 29.0 Å². The molecule has 1 aliphatic rings. The van der Waals surface area contributed by atoms with Crippen molar-refractivity contribution in [3.8, 4) is 11.4 Å². The lowest BCUT2D eigenvalue weighted by molar-refractivity contribution is 0.0693. The summed E-state index contributed by atoms with van der Waals surface area (Å²) in [4.78, 5) is 20.4. The molecular weight excluding hydrogens is 345 g/mol. The first kappa shape index (κ1) is 16.0. The van der Waals surface area contributed by atoms with Crippen molar-refractivity contribution >= 4 is 28.6 Å². The Kier molecular flexibility index (Phi) is 3.72. The maximum atomic E-state index is 13.8. The number of hydrogen-bond donors (Lipinski definition) is 1. The van der Waals surface area contributed by atoms with E-state index in [-0.39, 0.29) is 16.5 Å². The highest BCUT2D eigenvalue weighted by Gasteiger charge is 2.25. The van der Waals surface area contributed by atoms with Gasteiger partial charge in [0.1, 0.15) is 11.5 Å². The Labute approximate surface area is 148 Å². The first-order chi connectivity index (χ1) is 11.9. The maximum absolute atomic E-state index is 13.8. The van der Waals surface area contributed by atoms with Gasteiger partial charge >= 0.3 is 5.97 Å². The summed E-state index contributed by atoms with van der Waals surface area (Å²) in [6, 6.07) is 6.01. The highest BCUT2D eigenvalue weighted by molar-refractivity contribution is 6.30. The number of aromatic nitrogens is 3. The number of carboxylic acid groups (broad SMARTS) is 1. The summed E-state index contributed by atoms with van der Waals surface area (Å²) in [6.45, 7) is 2.73. The fourth-order valence-electron chi connectivity index (χ4n) is 2.97. The molecule has 1 N–H and O–H groups in total. The van der Waals surface area contributed by atoms with Crippen LogP contribution >= 0.6 is 11.6 Å². The molecule has 0 saturated heterocycles. The van der Waals surface area contributed by atoms with Gasteiger partial charge < -0.3 is 9.67 Å². The minimum atomic E-state index is -1.13. The number of rotatable bonds is 4. The Morgan fingerprint density at radius 2 is 2.12 bits per heavy atom. The van der Waals surface area contributed by atoms with Crippen molar-refractivity contribution in [3.63, 3.8) is 0 Å². The summed E-state index contributed by atoms with van der Waals surface area (Å²) >= 11 is 5.72. The predicted octanol–water partition coefficient (Wildman–Crippen LogP) is 4.31. The van der Waals surface area contributed by atoms with Crippen LogP contribution in [-0.4, -0.2) is 25.6 Å². The number of hydrogen-bond acceptors (Lipinski definition) is 3. The van der Waals surface area contributed by atoms with Crippen molar-refractivity contribution in [2.75, 3.05) is 0 Å². The first-order valence-corrected chi connectivity index (χ1v) is 8.38. The van der Waals surface area contributed by atoms with E-state index in [1.54, 1.807) is 12.1 Å². The summed E-state index contributed by atoms with van der Waals surface area (Å²) in [6.07, 6.45) is 2.34. The van der Waals surface area contributed by atoms with Crippen molar-refractivity contribution in [1.82, 2.24) is 14.5 Å². The molecule has 0 spiro atoms. The molecular formula is C18H15ClFN3O2. The van der Waals surface area contributed by atoms with Crippen LogP contribution in [0.4, 0.5) is 4.39 Å². The van der Waals surface area contributed by atoms with Gasteiger partial charge in [0.15, 0.2) is 11.5 Å². The SMILES string of the molecule is Cc1cc2c(C(=O)O)nc(-c3ccc(Cl)c(F)c3)nc2n1CC1CC1. The van der Waals surface area contributed by atoms with E-state index in [0.717, 1.165) is 12.2 Å². The second kappa shape index (κ2) is 5.81. The Morgan fingerprint density at radius 1 is 1.36 bits per heavy atom. The quantitative estimate of drug-likeness (QED) is 0.753. The van der Waals surface area contributed by atoms with Crippen molar-refractivity contribution in [3.05, 3.63) is 46.5 Å². The van der Waals surface area contributed by atoms with Gasteiger partial charge in [0.05, 0.1) is 10.4 Å². The fraction of sp³-hybridized carbons (Fsp3) is 0.278. The lowest BCUT2D eigenvalue weighted by atomic mass is 10.2. The molecule has 1 saturated carbocycles. The van der Waals surface area contributed by atoms with E-state index >= 15 is 0 Å². The second-order valence-electron chi connectivity index (χ2n) is 6.41. The van der Waals surface area contributed by atoms with E-state index in [1.807, 2.05) is 11.5 Å². The molecule has 5 nitrogen and oxygen atoms in total. The summed E-state index contributed by atoms with van der Waals surface area (Å²) in [5.74, 6) is -0.944. The Hall–Kier alpha value is -2.47. The molecule has 2 aromatic heterocycles. The highest BCUT2D eigenvalue weighted by Crippen LogP contribution is 2.34. The minimum Gasteiger partial charge on any atom is -0.476 e. The van der Waals surface area contributed by atoms with Gasteiger partial charge in [-0.25, -0.2) is 19.2 Å². The molecule has 0 unspecified atom stereocenters. The van der Waals surface area contributed by atoms with Crippen molar-refractivity contribution in [2.45, 2.75) is 26.3 Å². The zero-order valence-electron chi connectivity index (χ0n) is 13.5. The third-order valence-corrected chi connectivity index (χ3v) is 4.78. The van der Waals surface area contributed by atoms with E-state index in [4.69, 9.17) is 11.6 Å². The van der Waals surface area contributed by atoms with Crippen molar-refractivity contribution in [1.29, 1.82) is 0 Å². The Morgan fingerprint density at radius 3 is 2.76 bits per heavy atom. The molecule has 0 radical (unpaired) electrons. The van der Waals surface area contributed by atoms with Gasteiger partial charge in [0, 0.05) is 17.8 Å². The average Bonchev–Trinajstić information content (AvgIpc) is 3.33. The number of halogens is 2. The van der Waals surface area contributed by atoms with E-state index in [0.29, 0.717) is 22.5 Å². The standard InChI is InChI=1S/C18H15ClFN3O2/c1-9-6-12-15(18(24)25)21-16(11-4-5-13(19)14(20)7-11)22-17(12)23(9)8-10-2-3-10/h4-7,10H,2-3,8H2,1H3,(H,24,25). The lowest BCUT2D eigenvalue weighted by Crippen LogP contribution is -2.07. The Balaban J connectivity index is 1.95. The summed E-state index contributed by atoms with van der Waals surface area (Å²) in [5.41, 5.74) is 1.83. The van der Waals surface area contributed by atoms with Crippen molar-refractivity contribution < 1.29 is 14.3 Å². The number of carboxylic acids is 1. The van der Waals surface area contributed by atoms with E-state index < -0.39 is 11.8 Å². The molecule has 0 amide bonds. The lowest BCUT2D eigenvalue weighted by Gasteiger charge is -2.09. The van der Waals surface area contributed by atoms with Crippen LogP contribution in [-0.2, 0) is 6.54 Å². The smallest absolute Gasteiger partial charge is 0.355 e. The van der Waals surface area contributed by atoms with Gasteiger partial charge in [-0.3, -0.25) is 0 Å². The number of carbonyl (C=O) groups is 1. The van der Waals surface area contributed by atoms with Crippen molar-refractivity contribution in [2.24, 2.45) is 5.92 Å². The molecule has 1 aliphatic carbocycles. The third kappa shape index (κ3) is 2.87. The topological polar surface area (TPSA) is 68.0 Å². The molecule has 0 atom stereocenters. The molecule has 2 heterocycles. The number of fused-ring (bicyclic) bond motifs is 1. The fourth-order valence-corrected chi connectivity index (χ4v) is 3.08. The zero-order chi connectivity index (χ0) is 17.7. The van der Waals surface area contributed by atoms with Crippen LogP contribution < -0.4 is 0 Å². The number of nitrogens with zero attached hydrogens (tertiary/aromatic N) is 3. The van der Waals surface area contributed by atoms with Gasteiger partial charge in [-0.15, -0.1) is 0 Å². The molecule has 128 valence electrons. The number of benzene rings is 1. The van der Waals surface area contributed by atoms with Crippen LogP contribution in [0.3, 0.4) is 0 Å². The van der Waals surface area contributed by atoms with E-state index in [2.05, 4.69) is 9.97 Å². The van der Waals surface area contributed by atoms with E-state index in [9.17, 15) is 14.3 Å². The second-order valence-corrected chi connectivity index (χ2v) is 6.81. The van der Waals surface area contributed by atoms with Gasteiger partial charge in [0.2, 0.25) is 0 Å². The monoisotopic (exact) mass is 359 g/mol. The number of aryl methyl sites for hydroxylation is 1. The molecule has 3 aromatic rings. The molecule has 1 fully saturated rings. The minimum absolute atomic E-state index is 0.00348. The summed E-state index contributed by atoms with van der Waals surface area (Å²) in [7, 11) is 0. The molecule has 0 bridgehead atoms. The molecule has 7 heteroatoms. The average molecular weight is 360 g/mol. The Bertz CT molecular complexity index is 1010. The zero-order valence-corrected chi connectivity index (χ0v) is 14.2. The van der Waals surface area contributed by atoms with Crippen LogP contribution in [0.5, 0.6) is 0 Å². The van der Waals surface area contributed by atoms with Gasteiger partial charge in [0.25, 0.3) is 0 Å². The van der Waals surface area contributed by atoms with Gasteiger partial charge in [-0.1, -0.05) is 11.6 Å². The van der Waals surface area contributed by atoms with Crippen LogP contribution in [0.15, 0.2) is 24.3 Å². The van der Waals surface area contributed by atoms with E-state index in [1.165, 1.54) is 25.0 Å². The number of aromatic carboxylic acids is 1. The molecule has 0 aliphatic heterocycles. The molecule has 25 heavy (non-hydrogen) atoms. The predicted molar refractivity (Wildman–Crippen MR) is 92.4 cm³/mol. The van der Waals surface area contributed by atoms with Crippen LogP contribution in [0.25, 0.3) is 22.4 Å². The van der Waals surface area contributed by atoms with Crippen LogP contribution in [0, 0.1) is 18.7 Å². The molecule has 1 aromatic carbocycles. The normalized spacial score (nSPS) is 14.2. The highest BCUT2D eigenvalue weighted by atomic mass is 35.5.